The van der Waals surface area contributed by atoms with Crippen LogP contribution in [0, 0.1) is 0 Å². The summed E-state index contributed by atoms with van der Waals surface area (Å²) in [6, 6.07) is 95.7. The topological polar surface area (TPSA) is 3.24 Å². The minimum Gasteiger partial charge on any atom is -0.310 e. The van der Waals surface area contributed by atoms with E-state index in [-0.39, 0.29) is 0 Å². The third kappa shape index (κ3) is 6.93. The second kappa shape index (κ2) is 16.7. The molecule has 1 aromatic heterocycles. The van der Waals surface area contributed by atoms with Gasteiger partial charge in [-0.2, -0.15) is 0 Å². The van der Waals surface area contributed by atoms with E-state index in [0.29, 0.717) is 0 Å². The minimum atomic E-state index is 1.09. The molecule has 0 radical (unpaired) electrons. The Morgan fingerprint density at radius 2 is 0.750 bits per heavy atom. The number of hydrogen-bond acceptors (Lipinski definition) is 2. The van der Waals surface area contributed by atoms with Gasteiger partial charge in [-0.25, -0.2) is 0 Å². The molecule has 0 aliphatic rings. The van der Waals surface area contributed by atoms with Crippen LogP contribution in [0.3, 0.4) is 0 Å². The molecule has 0 saturated heterocycles. The zero-order valence-electron chi connectivity index (χ0n) is 37.2. The van der Waals surface area contributed by atoms with Crippen LogP contribution in [-0.4, -0.2) is 0 Å². The summed E-state index contributed by atoms with van der Waals surface area (Å²) < 4.78 is 2.64. The number of rotatable bonds is 8. The minimum absolute atomic E-state index is 1.09. The van der Waals surface area contributed by atoms with E-state index in [1.165, 1.54) is 103 Å². The number of benzene rings is 12. The molecule has 68 heavy (non-hydrogen) atoms. The van der Waals surface area contributed by atoms with Crippen molar-refractivity contribution in [3.05, 3.63) is 261 Å². The number of fused-ring (bicyclic) bond motifs is 7. The standard InChI is InChI=1S/C66H43NS/c1-4-16-44(17-5-1)49-30-31-51-42-55(38-34-50(51)40-49)67(53-36-32-45(33-37-53)56-27-15-28-61-59-25-12-13-29-63(59)68-66(56)61)54-23-14-22-48(41-54)52-35-39-58-57-24-10-11-26-60(57)64(46-18-6-2-7-19-46)65(62(58)43-52)47-20-8-3-9-21-47/h1-43H. The van der Waals surface area contributed by atoms with Gasteiger partial charge in [-0.15, -0.1) is 11.3 Å². The highest BCUT2D eigenvalue weighted by molar-refractivity contribution is 7.26. The van der Waals surface area contributed by atoms with Gasteiger partial charge in [0.2, 0.25) is 0 Å². The molecule has 13 rings (SSSR count). The molecule has 0 atom stereocenters. The first-order valence-corrected chi connectivity index (χ1v) is 24.1. The fourth-order valence-electron chi connectivity index (χ4n) is 10.4. The molecule has 0 fully saturated rings. The van der Waals surface area contributed by atoms with Crippen molar-refractivity contribution in [3.63, 3.8) is 0 Å². The van der Waals surface area contributed by atoms with Gasteiger partial charge in [0.15, 0.2) is 0 Å². The lowest BCUT2D eigenvalue weighted by Crippen LogP contribution is -2.10. The van der Waals surface area contributed by atoms with Crippen LogP contribution in [0.25, 0.3) is 108 Å². The van der Waals surface area contributed by atoms with Crippen molar-refractivity contribution in [1.82, 2.24) is 0 Å². The normalized spacial score (nSPS) is 11.5. The molecule has 0 spiro atoms. The number of thiophene rings is 1. The van der Waals surface area contributed by atoms with Gasteiger partial charge in [-0.05, 0) is 143 Å². The van der Waals surface area contributed by atoms with E-state index in [4.69, 9.17) is 0 Å². The van der Waals surface area contributed by atoms with Gasteiger partial charge in [-0.3, -0.25) is 0 Å². The molecule has 0 amide bonds. The Kier molecular flexibility index (Phi) is 9.77. The summed E-state index contributed by atoms with van der Waals surface area (Å²) in [5, 5.41) is 10.0. The van der Waals surface area contributed by atoms with E-state index >= 15 is 0 Å². The van der Waals surface area contributed by atoms with Gasteiger partial charge in [-0.1, -0.05) is 206 Å². The Morgan fingerprint density at radius 1 is 0.250 bits per heavy atom. The summed E-state index contributed by atoms with van der Waals surface area (Å²) in [6.07, 6.45) is 0. The summed E-state index contributed by atoms with van der Waals surface area (Å²) in [5.41, 5.74) is 15.5. The summed E-state index contributed by atoms with van der Waals surface area (Å²) in [6.45, 7) is 0. The molecule has 0 saturated carbocycles. The van der Waals surface area contributed by atoms with Crippen molar-refractivity contribution in [1.29, 1.82) is 0 Å². The quantitative estimate of drug-likeness (QED) is 0.137. The molecule has 318 valence electrons. The molecule has 0 N–H and O–H groups in total. The van der Waals surface area contributed by atoms with Crippen molar-refractivity contribution in [2.75, 3.05) is 4.90 Å². The Bertz CT molecular complexity index is 4000. The van der Waals surface area contributed by atoms with Crippen LogP contribution in [-0.2, 0) is 0 Å². The number of anilines is 3. The highest BCUT2D eigenvalue weighted by Crippen LogP contribution is 2.47. The lowest BCUT2D eigenvalue weighted by atomic mass is 9.84. The summed E-state index contributed by atoms with van der Waals surface area (Å²) in [7, 11) is 0. The largest absolute Gasteiger partial charge is 0.310 e. The first kappa shape index (κ1) is 39.8. The van der Waals surface area contributed by atoms with Crippen LogP contribution in [0.4, 0.5) is 17.1 Å². The van der Waals surface area contributed by atoms with Crippen LogP contribution in [0.15, 0.2) is 261 Å². The first-order valence-electron chi connectivity index (χ1n) is 23.3. The highest BCUT2D eigenvalue weighted by atomic mass is 32.1. The molecule has 1 heterocycles. The SMILES string of the molecule is c1ccc(-c2ccc3cc(N(c4ccc(-c5cccc6c5sc5ccccc56)cc4)c4cccc(-c5ccc6c(c5)c(-c5ccccc5)c(-c5ccccc5)c5ccccc56)c4)ccc3c2)cc1. The predicted octanol–water partition coefficient (Wildman–Crippen LogP) is 19.3. The molecular formula is C66H43NS. The van der Waals surface area contributed by atoms with E-state index < -0.39 is 0 Å². The Balaban J connectivity index is 0.969. The molecular weight excluding hydrogens is 839 g/mol. The average Bonchev–Trinajstić information content (AvgIpc) is 3.80. The fraction of sp³-hybridized carbons (Fsp3) is 0. The molecule has 12 aromatic carbocycles. The zero-order valence-corrected chi connectivity index (χ0v) is 38.0. The number of hydrogen-bond donors (Lipinski definition) is 0. The highest BCUT2D eigenvalue weighted by Gasteiger charge is 2.20. The Labute approximate surface area is 400 Å². The van der Waals surface area contributed by atoms with Crippen molar-refractivity contribution in [2.24, 2.45) is 0 Å². The molecule has 1 nitrogen and oxygen atoms in total. The van der Waals surface area contributed by atoms with E-state index in [2.05, 4.69) is 266 Å². The predicted molar refractivity (Wildman–Crippen MR) is 294 cm³/mol. The van der Waals surface area contributed by atoms with Crippen LogP contribution >= 0.6 is 11.3 Å². The Hall–Kier alpha value is -8.56. The van der Waals surface area contributed by atoms with E-state index in [1.807, 2.05) is 11.3 Å². The van der Waals surface area contributed by atoms with Crippen LogP contribution in [0.1, 0.15) is 0 Å². The maximum atomic E-state index is 2.42. The van der Waals surface area contributed by atoms with Gasteiger partial charge in [0.05, 0.1) is 0 Å². The zero-order chi connectivity index (χ0) is 45.0. The smallest absolute Gasteiger partial charge is 0.0468 e. The molecule has 0 bridgehead atoms. The van der Waals surface area contributed by atoms with Gasteiger partial charge < -0.3 is 4.90 Å². The average molecular weight is 882 g/mol. The van der Waals surface area contributed by atoms with Gasteiger partial charge in [0.1, 0.15) is 0 Å². The molecule has 2 heteroatoms. The summed E-state index contributed by atoms with van der Waals surface area (Å²) in [5.74, 6) is 0. The lowest BCUT2D eigenvalue weighted by molar-refractivity contribution is 1.29. The number of nitrogens with zero attached hydrogens (tertiary/aromatic N) is 1. The van der Waals surface area contributed by atoms with Gasteiger partial charge in [0.25, 0.3) is 0 Å². The maximum absolute atomic E-state index is 2.42. The van der Waals surface area contributed by atoms with Crippen LogP contribution in [0.5, 0.6) is 0 Å². The monoisotopic (exact) mass is 881 g/mol. The van der Waals surface area contributed by atoms with Gasteiger partial charge >= 0.3 is 0 Å². The third-order valence-electron chi connectivity index (χ3n) is 13.6. The second-order valence-electron chi connectivity index (χ2n) is 17.6. The molecule has 0 aliphatic carbocycles. The molecule has 0 aliphatic heterocycles. The van der Waals surface area contributed by atoms with Crippen LogP contribution < -0.4 is 4.90 Å². The molecule has 0 unspecified atom stereocenters. The van der Waals surface area contributed by atoms with Crippen molar-refractivity contribution in [3.8, 4) is 55.6 Å². The summed E-state index contributed by atoms with van der Waals surface area (Å²) >= 11 is 1.88. The van der Waals surface area contributed by atoms with Crippen molar-refractivity contribution < 1.29 is 0 Å². The Morgan fingerprint density at radius 3 is 1.51 bits per heavy atom. The second-order valence-corrected chi connectivity index (χ2v) is 18.7. The summed E-state index contributed by atoms with van der Waals surface area (Å²) in [4.78, 5) is 2.41. The van der Waals surface area contributed by atoms with Gasteiger partial charge in [0, 0.05) is 37.2 Å². The van der Waals surface area contributed by atoms with E-state index in [9.17, 15) is 0 Å². The molecule has 13 aromatic rings. The lowest BCUT2D eigenvalue weighted by Gasteiger charge is -2.27. The van der Waals surface area contributed by atoms with Crippen LogP contribution in [0.2, 0.25) is 0 Å². The van der Waals surface area contributed by atoms with E-state index in [1.54, 1.807) is 0 Å². The van der Waals surface area contributed by atoms with Crippen molar-refractivity contribution in [2.45, 2.75) is 0 Å². The van der Waals surface area contributed by atoms with E-state index in [0.717, 1.165) is 22.6 Å². The van der Waals surface area contributed by atoms with Crippen molar-refractivity contribution >= 4 is 80.9 Å². The first-order chi connectivity index (χ1) is 33.7. The fourth-order valence-corrected chi connectivity index (χ4v) is 11.6. The maximum Gasteiger partial charge on any atom is 0.0468 e. The third-order valence-corrected chi connectivity index (χ3v) is 14.8.